The maximum atomic E-state index is 13.1. The van der Waals surface area contributed by atoms with Crippen molar-refractivity contribution in [3.8, 4) is 11.5 Å². The van der Waals surface area contributed by atoms with Crippen molar-refractivity contribution in [2.24, 2.45) is 0 Å². The van der Waals surface area contributed by atoms with Gasteiger partial charge in [-0.25, -0.2) is 4.79 Å². The highest BCUT2D eigenvalue weighted by Crippen LogP contribution is 2.11. The first kappa shape index (κ1) is 36.9. The summed E-state index contributed by atoms with van der Waals surface area (Å²) in [5, 5.41) is 0. The van der Waals surface area contributed by atoms with E-state index >= 15 is 0 Å². The van der Waals surface area contributed by atoms with Gasteiger partial charge in [0, 0.05) is 31.1 Å². The number of aromatic nitrogens is 2. The Balaban J connectivity index is 1.28. The normalized spacial score (nSPS) is 11.0. The van der Waals surface area contributed by atoms with Crippen LogP contribution in [0.1, 0.15) is 56.6 Å². The number of hydrogen-bond donors (Lipinski definition) is 0. The summed E-state index contributed by atoms with van der Waals surface area (Å²) in [6, 6.07) is 26.7. The van der Waals surface area contributed by atoms with E-state index in [0.717, 1.165) is 69.3 Å². The first-order chi connectivity index (χ1) is 23.9. The highest BCUT2D eigenvalue weighted by Gasteiger charge is 2.10. The molecule has 0 atom stereocenters. The summed E-state index contributed by atoms with van der Waals surface area (Å²) in [7, 11) is 0. The molecular weight excluding hydrogens is 618 g/mol. The van der Waals surface area contributed by atoms with Gasteiger partial charge in [-0.05, 0) is 87.6 Å². The summed E-state index contributed by atoms with van der Waals surface area (Å²) in [4.78, 5) is 40.2. The molecule has 0 amide bonds. The number of esters is 1. The van der Waals surface area contributed by atoms with Gasteiger partial charge in [-0.1, -0.05) is 80.1 Å². The predicted octanol–water partition coefficient (Wildman–Crippen LogP) is 6.63. The molecule has 0 aliphatic rings. The number of unbranched alkanes of at least 4 members (excludes halogenated alkanes) is 3. The maximum Gasteiger partial charge on any atom is 0.333 e. The molecule has 4 rings (SSSR count). The van der Waals surface area contributed by atoms with Crippen LogP contribution in [0, 0.1) is 0 Å². The molecule has 0 N–H and O–H groups in total. The van der Waals surface area contributed by atoms with Crippen LogP contribution in [0.4, 0.5) is 0 Å². The number of aryl methyl sites for hydroxylation is 2. The van der Waals surface area contributed by atoms with Gasteiger partial charge in [0.25, 0.3) is 11.1 Å². The lowest BCUT2D eigenvalue weighted by Crippen LogP contribution is -2.31. The first-order valence-corrected chi connectivity index (χ1v) is 17.2. The monoisotopic (exact) mass is 667 g/mol. The third-order valence-electron chi connectivity index (χ3n) is 8.14. The molecule has 4 aromatic rings. The highest BCUT2D eigenvalue weighted by atomic mass is 16.5. The SMILES string of the molecule is C=C(C)C(=O)OCCCCCCN(CCCn1cccc(OCc2ccccc2)c1=O)CCCn1cccc(OCc2ccccc2)c1=O. The number of ether oxygens (including phenoxy) is 3. The molecule has 0 fully saturated rings. The second-order valence-corrected chi connectivity index (χ2v) is 12.2. The molecular formula is C40H49N3O6. The Kier molecular flexibility index (Phi) is 15.4. The van der Waals surface area contributed by atoms with E-state index < -0.39 is 0 Å². The fourth-order valence-electron chi connectivity index (χ4n) is 5.42. The van der Waals surface area contributed by atoms with Crippen LogP contribution in [0.15, 0.2) is 119 Å². The fourth-order valence-corrected chi connectivity index (χ4v) is 5.42. The molecule has 49 heavy (non-hydrogen) atoms. The van der Waals surface area contributed by atoms with Gasteiger partial charge in [0.2, 0.25) is 0 Å². The molecule has 0 aliphatic carbocycles. The molecule has 2 aromatic carbocycles. The minimum absolute atomic E-state index is 0.133. The van der Waals surface area contributed by atoms with Crippen LogP contribution >= 0.6 is 0 Å². The minimum Gasteiger partial charge on any atom is -0.483 e. The van der Waals surface area contributed by atoms with E-state index in [-0.39, 0.29) is 17.1 Å². The average molecular weight is 668 g/mol. The third-order valence-corrected chi connectivity index (χ3v) is 8.14. The highest BCUT2D eigenvalue weighted by molar-refractivity contribution is 5.86. The van der Waals surface area contributed by atoms with Crippen LogP contribution in [0.5, 0.6) is 11.5 Å². The molecule has 9 nitrogen and oxygen atoms in total. The average Bonchev–Trinajstić information content (AvgIpc) is 3.12. The van der Waals surface area contributed by atoms with E-state index in [2.05, 4.69) is 11.5 Å². The third kappa shape index (κ3) is 12.9. The van der Waals surface area contributed by atoms with Crippen molar-refractivity contribution in [1.29, 1.82) is 0 Å². The van der Waals surface area contributed by atoms with Crippen LogP contribution < -0.4 is 20.6 Å². The molecule has 260 valence electrons. The first-order valence-electron chi connectivity index (χ1n) is 17.2. The second-order valence-electron chi connectivity index (χ2n) is 12.2. The van der Waals surface area contributed by atoms with E-state index in [4.69, 9.17) is 14.2 Å². The molecule has 0 saturated heterocycles. The van der Waals surface area contributed by atoms with Crippen LogP contribution in [0.25, 0.3) is 0 Å². The number of carbonyl (C=O) groups is 1. The fraction of sp³-hybridized carbons (Fsp3) is 0.375. The summed E-state index contributed by atoms with van der Waals surface area (Å²) in [5.41, 5.74) is 2.17. The van der Waals surface area contributed by atoms with Gasteiger partial charge < -0.3 is 28.2 Å². The van der Waals surface area contributed by atoms with Crippen LogP contribution in [-0.4, -0.2) is 46.2 Å². The van der Waals surface area contributed by atoms with Crippen molar-refractivity contribution in [3.05, 3.63) is 141 Å². The largest absolute Gasteiger partial charge is 0.483 e. The zero-order chi connectivity index (χ0) is 34.7. The topological polar surface area (TPSA) is 92.0 Å². The van der Waals surface area contributed by atoms with Gasteiger partial charge in [-0.3, -0.25) is 9.59 Å². The summed E-state index contributed by atoms with van der Waals surface area (Å²) in [5.74, 6) is 0.348. The Morgan fingerprint density at radius 3 is 1.59 bits per heavy atom. The molecule has 0 spiro atoms. The lowest BCUT2D eigenvalue weighted by molar-refractivity contribution is -0.139. The summed E-state index contributed by atoms with van der Waals surface area (Å²) in [6.45, 7) is 10.0. The van der Waals surface area contributed by atoms with E-state index in [1.165, 1.54) is 0 Å². The van der Waals surface area contributed by atoms with Gasteiger partial charge in [-0.15, -0.1) is 0 Å². The lowest BCUT2D eigenvalue weighted by Gasteiger charge is -2.23. The van der Waals surface area contributed by atoms with E-state index in [1.54, 1.807) is 28.2 Å². The predicted molar refractivity (Wildman–Crippen MR) is 193 cm³/mol. The van der Waals surface area contributed by atoms with Gasteiger partial charge >= 0.3 is 5.97 Å². The van der Waals surface area contributed by atoms with Gasteiger partial charge in [0.1, 0.15) is 13.2 Å². The number of hydrogen-bond acceptors (Lipinski definition) is 7. The summed E-state index contributed by atoms with van der Waals surface area (Å²) >= 11 is 0. The van der Waals surface area contributed by atoms with E-state index in [9.17, 15) is 14.4 Å². The van der Waals surface area contributed by atoms with Crippen molar-refractivity contribution in [2.75, 3.05) is 26.2 Å². The Morgan fingerprint density at radius 2 is 1.10 bits per heavy atom. The molecule has 2 heterocycles. The zero-order valence-corrected chi connectivity index (χ0v) is 28.6. The lowest BCUT2D eigenvalue weighted by atomic mass is 10.2. The van der Waals surface area contributed by atoms with Crippen LogP contribution in [-0.2, 0) is 35.8 Å². The zero-order valence-electron chi connectivity index (χ0n) is 28.6. The van der Waals surface area contributed by atoms with E-state index in [0.29, 0.717) is 50.0 Å². The van der Waals surface area contributed by atoms with Crippen molar-refractivity contribution in [2.45, 2.75) is 71.8 Å². The summed E-state index contributed by atoms with van der Waals surface area (Å²) < 4.78 is 20.3. The standard InChI is InChI=1S/C40H49N3O6/c1-33(2)40(46)47-30-12-4-3-11-23-41(24-15-28-42-26-13-21-36(38(42)44)48-31-34-17-7-5-8-18-34)25-16-29-43-27-14-22-37(39(43)45)49-32-35-19-9-6-10-20-35/h5-10,13-14,17-22,26-27H,1,3-4,11-12,15-16,23-25,28-32H2,2H3. The Labute approximate surface area is 289 Å². The van der Waals surface area contributed by atoms with Crippen molar-refractivity contribution >= 4 is 5.97 Å². The van der Waals surface area contributed by atoms with Gasteiger partial charge in [0.15, 0.2) is 11.5 Å². The van der Waals surface area contributed by atoms with E-state index in [1.807, 2.05) is 85.2 Å². The van der Waals surface area contributed by atoms with Crippen molar-refractivity contribution in [1.82, 2.24) is 14.0 Å². The molecule has 0 aliphatic heterocycles. The Morgan fingerprint density at radius 1 is 0.633 bits per heavy atom. The van der Waals surface area contributed by atoms with Crippen molar-refractivity contribution < 1.29 is 19.0 Å². The van der Waals surface area contributed by atoms with Crippen LogP contribution in [0.2, 0.25) is 0 Å². The number of rotatable bonds is 22. The molecule has 0 radical (unpaired) electrons. The Hall–Kier alpha value is -4.89. The smallest absolute Gasteiger partial charge is 0.333 e. The molecule has 2 aromatic heterocycles. The summed E-state index contributed by atoms with van der Waals surface area (Å²) in [6.07, 6.45) is 9.00. The number of pyridine rings is 2. The van der Waals surface area contributed by atoms with Gasteiger partial charge in [0.05, 0.1) is 6.61 Å². The number of nitrogens with zero attached hydrogens (tertiary/aromatic N) is 3. The maximum absolute atomic E-state index is 13.1. The molecule has 0 bridgehead atoms. The molecule has 9 heteroatoms. The number of benzene rings is 2. The molecule has 0 saturated carbocycles. The number of carbonyl (C=O) groups excluding carboxylic acids is 1. The molecule has 0 unspecified atom stereocenters. The van der Waals surface area contributed by atoms with Gasteiger partial charge in [-0.2, -0.15) is 0 Å². The quantitative estimate of drug-likeness (QED) is 0.0528. The van der Waals surface area contributed by atoms with Crippen LogP contribution in [0.3, 0.4) is 0 Å². The second kappa shape index (κ2) is 20.5. The minimum atomic E-state index is -0.342. The Bertz CT molecular complexity index is 1590. The van der Waals surface area contributed by atoms with Crippen molar-refractivity contribution in [3.63, 3.8) is 0 Å².